The van der Waals surface area contributed by atoms with E-state index in [2.05, 4.69) is 41.8 Å². The fourth-order valence-corrected chi connectivity index (χ4v) is 8.75. The highest BCUT2D eigenvalue weighted by atomic mass is 35.5. The van der Waals surface area contributed by atoms with Crippen LogP contribution in [-0.4, -0.2) is 30.7 Å². The van der Waals surface area contributed by atoms with Crippen molar-refractivity contribution >= 4 is 0 Å². The van der Waals surface area contributed by atoms with E-state index in [1.54, 1.807) is 0 Å². The fourth-order valence-electron chi connectivity index (χ4n) is 8.75. The number of unbranched alkanes of at least 4 members (excludes halogenated alkanes) is 37. The first-order valence-corrected chi connectivity index (χ1v) is 24.8. The van der Waals surface area contributed by atoms with E-state index in [-0.39, 0.29) is 12.4 Å². The van der Waals surface area contributed by atoms with Crippen molar-refractivity contribution in [2.45, 2.75) is 303 Å². The second kappa shape index (κ2) is 42.4. The van der Waals surface area contributed by atoms with Crippen LogP contribution in [0.15, 0.2) is 0 Å². The Morgan fingerprint density at radius 1 is 0.269 bits per heavy atom. The summed E-state index contributed by atoms with van der Waals surface area (Å²) in [5.74, 6) is 0. The molecule has 1 nitrogen and oxygen atoms in total. The molecule has 0 heterocycles. The highest BCUT2D eigenvalue weighted by Gasteiger charge is 2.39. The van der Waals surface area contributed by atoms with Crippen molar-refractivity contribution in [3.05, 3.63) is 0 Å². The Bertz CT molecular complexity index is 616. The van der Waals surface area contributed by atoms with Gasteiger partial charge in [0.15, 0.2) is 0 Å². The topological polar surface area (TPSA) is 0 Å². The smallest absolute Gasteiger partial charge is 0.0959 e. The Hall–Kier alpha value is 0.250. The number of hydrogen-bond donors (Lipinski definition) is 0. The SMILES string of the molecule is CCCCCCCCCCCCCCCCCC[N+](C)(C)C(C)(CCCCCCCCCCCCCC)CCCCCCCCCCCCCC.[Cl-]. The van der Waals surface area contributed by atoms with Gasteiger partial charge >= 0.3 is 0 Å². The third-order valence-electron chi connectivity index (χ3n) is 13.2. The first-order valence-electron chi connectivity index (χ1n) is 24.8. The molecule has 0 atom stereocenters. The maximum Gasteiger partial charge on any atom is 0.0959 e. The monoisotopic (exact) mass is 754 g/mol. The Labute approximate surface area is 339 Å². The van der Waals surface area contributed by atoms with Crippen LogP contribution in [0.4, 0.5) is 0 Å². The molecule has 0 aliphatic heterocycles. The molecule has 0 bridgehead atoms. The summed E-state index contributed by atoms with van der Waals surface area (Å²) in [5.41, 5.74) is 0.451. The summed E-state index contributed by atoms with van der Waals surface area (Å²) in [7, 11) is 5.21. The zero-order chi connectivity index (χ0) is 37.4. The number of quaternary nitrogens is 1. The van der Waals surface area contributed by atoms with Crippen LogP contribution in [0.3, 0.4) is 0 Å². The summed E-state index contributed by atoms with van der Waals surface area (Å²) in [5, 5.41) is 0. The van der Waals surface area contributed by atoms with Crippen LogP contribution in [0, 0.1) is 0 Å². The van der Waals surface area contributed by atoms with E-state index in [0.717, 1.165) is 0 Å². The van der Waals surface area contributed by atoms with E-state index >= 15 is 0 Å². The Morgan fingerprint density at radius 2 is 0.442 bits per heavy atom. The third-order valence-corrected chi connectivity index (χ3v) is 13.2. The van der Waals surface area contributed by atoms with Gasteiger partial charge in [0.1, 0.15) is 0 Å². The van der Waals surface area contributed by atoms with Gasteiger partial charge in [0, 0.05) is 12.8 Å². The molecule has 52 heavy (non-hydrogen) atoms. The van der Waals surface area contributed by atoms with Crippen molar-refractivity contribution in [3.63, 3.8) is 0 Å². The lowest BCUT2D eigenvalue weighted by Crippen LogP contribution is -3.00. The molecule has 0 spiro atoms. The largest absolute Gasteiger partial charge is 1.00 e. The number of rotatable bonds is 44. The van der Waals surface area contributed by atoms with E-state index in [1.807, 2.05) is 0 Å². The van der Waals surface area contributed by atoms with Gasteiger partial charge in [-0.25, -0.2) is 0 Å². The highest BCUT2D eigenvalue weighted by Crippen LogP contribution is 2.34. The molecule has 0 aliphatic carbocycles. The lowest BCUT2D eigenvalue weighted by molar-refractivity contribution is -0.941. The van der Waals surface area contributed by atoms with Crippen LogP contribution in [-0.2, 0) is 0 Å². The molecule has 0 aromatic heterocycles. The Balaban J connectivity index is 0. The number of nitrogens with zero attached hydrogens (tertiary/aromatic N) is 1. The van der Waals surface area contributed by atoms with Gasteiger partial charge < -0.3 is 16.9 Å². The van der Waals surface area contributed by atoms with Crippen molar-refractivity contribution < 1.29 is 16.9 Å². The fraction of sp³-hybridized carbons (Fsp3) is 1.00. The summed E-state index contributed by atoms with van der Waals surface area (Å²) >= 11 is 0. The second-order valence-corrected chi connectivity index (χ2v) is 18.5. The molecule has 0 aromatic rings. The van der Waals surface area contributed by atoms with Crippen molar-refractivity contribution in [2.24, 2.45) is 0 Å². The van der Waals surface area contributed by atoms with Gasteiger partial charge in [-0.1, -0.05) is 252 Å². The molecule has 0 unspecified atom stereocenters. The molecule has 0 N–H and O–H groups in total. The standard InChI is InChI=1S/C50H104N.ClH/c1-7-10-13-16-19-22-25-28-29-30-31-34-37-40-43-46-49-51(5,6)50(4,47-44-41-38-35-32-26-23-20-17-14-11-8-2)48-45-42-39-36-33-27-24-21-18-15-12-9-3;/h7-49H2,1-6H3;1H/q+1;/p-1. The highest BCUT2D eigenvalue weighted by molar-refractivity contribution is 4.77. The van der Waals surface area contributed by atoms with E-state index < -0.39 is 0 Å². The van der Waals surface area contributed by atoms with Gasteiger partial charge in [-0.05, 0) is 32.6 Å². The summed E-state index contributed by atoms with van der Waals surface area (Å²) in [6.07, 6.45) is 61.3. The molecule has 0 aliphatic rings. The minimum Gasteiger partial charge on any atom is -1.00 e. The quantitative estimate of drug-likeness (QED) is 0.0429. The molecule has 0 amide bonds. The summed E-state index contributed by atoms with van der Waals surface area (Å²) in [4.78, 5) is 0. The van der Waals surface area contributed by atoms with Crippen LogP contribution < -0.4 is 12.4 Å². The Kier molecular flexibility index (Phi) is 44.3. The van der Waals surface area contributed by atoms with Crippen LogP contribution >= 0.6 is 0 Å². The van der Waals surface area contributed by atoms with Crippen LogP contribution in [0.5, 0.6) is 0 Å². The van der Waals surface area contributed by atoms with E-state index in [0.29, 0.717) is 5.54 Å². The van der Waals surface area contributed by atoms with Gasteiger partial charge in [0.25, 0.3) is 0 Å². The third kappa shape index (κ3) is 35.9. The predicted octanol–water partition coefficient (Wildman–Crippen LogP) is 15.3. The summed E-state index contributed by atoms with van der Waals surface area (Å²) < 4.78 is 1.25. The first-order chi connectivity index (χ1) is 24.9. The van der Waals surface area contributed by atoms with E-state index in [4.69, 9.17) is 0 Å². The molecule has 0 rings (SSSR count). The maximum atomic E-state index is 2.69. The molecule has 0 radical (unpaired) electrons. The summed E-state index contributed by atoms with van der Waals surface area (Å²) in [6.45, 7) is 11.0. The molecule has 2 heteroatoms. The van der Waals surface area contributed by atoms with Crippen LogP contribution in [0.25, 0.3) is 0 Å². The average molecular weight is 755 g/mol. The average Bonchev–Trinajstić information content (AvgIpc) is 3.12. The molecular weight excluding hydrogens is 650 g/mol. The molecule has 0 fully saturated rings. The van der Waals surface area contributed by atoms with Crippen molar-refractivity contribution in [1.82, 2.24) is 0 Å². The zero-order valence-electron chi connectivity index (χ0n) is 37.7. The lowest BCUT2D eigenvalue weighted by atomic mass is 9.84. The Morgan fingerprint density at radius 3 is 0.654 bits per heavy atom. The molecule has 0 saturated carbocycles. The van der Waals surface area contributed by atoms with Gasteiger partial charge in [-0.3, -0.25) is 0 Å². The second-order valence-electron chi connectivity index (χ2n) is 18.5. The molecule has 0 aromatic carbocycles. The van der Waals surface area contributed by atoms with E-state index in [9.17, 15) is 0 Å². The van der Waals surface area contributed by atoms with Gasteiger partial charge in [-0.15, -0.1) is 0 Å². The number of halogens is 1. The minimum atomic E-state index is 0. The molecule has 316 valence electrons. The normalized spacial score (nSPS) is 12.1. The van der Waals surface area contributed by atoms with Crippen molar-refractivity contribution in [2.75, 3.05) is 20.6 Å². The van der Waals surface area contributed by atoms with Crippen LogP contribution in [0.2, 0.25) is 0 Å². The zero-order valence-corrected chi connectivity index (χ0v) is 38.5. The van der Waals surface area contributed by atoms with Crippen LogP contribution in [0.1, 0.15) is 297 Å². The molecule has 0 saturated heterocycles. The van der Waals surface area contributed by atoms with Crippen molar-refractivity contribution in [1.29, 1.82) is 0 Å². The van der Waals surface area contributed by atoms with E-state index in [1.165, 1.54) is 281 Å². The maximum absolute atomic E-state index is 2.69. The van der Waals surface area contributed by atoms with Crippen molar-refractivity contribution in [3.8, 4) is 0 Å². The number of hydrogen-bond acceptors (Lipinski definition) is 0. The first kappa shape index (κ1) is 54.4. The lowest BCUT2D eigenvalue weighted by Gasteiger charge is -2.47. The van der Waals surface area contributed by atoms with Gasteiger partial charge in [0.05, 0.1) is 26.2 Å². The summed E-state index contributed by atoms with van der Waals surface area (Å²) in [6, 6.07) is 0. The minimum absolute atomic E-state index is 0. The van der Waals surface area contributed by atoms with Gasteiger partial charge in [-0.2, -0.15) is 0 Å². The van der Waals surface area contributed by atoms with Gasteiger partial charge in [0.2, 0.25) is 0 Å². The molecular formula is C50H104ClN. The predicted molar refractivity (Wildman–Crippen MR) is 236 cm³/mol.